The molecule has 19 heavy (non-hydrogen) atoms. The van der Waals surface area contributed by atoms with E-state index in [2.05, 4.69) is 16.0 Å². The van der Waals surface area contributed by atoms with Gasteiger partial charge in [0.05, 0.1) is 19.4 Å². The van der Waals surface area contributed by atoms with Crippen molar-refractivity contribution in [1.29, 1.82) is 0 Å². The average molecular weight is 258 g/mol. The Morgan fingerprint density at radius 2 is 1.89 bits per heavy atom. The van der Waals surface area contributed by atoms with Gasteiger partial charge in [-0.05, 0) is 50.6 Å². The molecule has 4 nitrogen and oxygen atoms in total. The minimum atomic E-state index is 0.390. The van der Waals surface area contributed by atoms with Gasteiger partial charge < -0.3 is 9.47 Å². The van der Waals surface area contributed by atoms with E-state index in [1.54, 1.807) is 7.11 Å². The zero-order valence-corrected chi connectivity index (χ0v) is 11.7. The Morgan fingerprint density at radius 1 is 1.11 bits per heavy atom. The number of methoxy groups -OCH3 is 1. The lowest BCUT2D eigenvalue weighted by atomic mass is 10.1. The molecule has 4 heteroatoms. The molecule has 0 unspecified atom stereocenters. The topological polar surface area (TPSA) is 44.2 Å². The molecule has 0 N–H and O–H groups in total. The van der Waals surface area contributed by atoms with Crippen molar-refractivity contribution >= 4 is 0 Å². The summed E-state index contributed by atoms with van der Waals surface area (Å²) in [6, 6.07) is 8.36. The van der Waals surface area contributed by atoms with Crippen LogP contribution >= 0.6 is 0 Å². The van der Waals surface area contributed by atoms with E-state index in [0.717, 1.165) is 28.3 Å². The Labute approximate surface area is 113 Å². The number of hydrogen-bond donors (Lipinski definition) is 0. The third kappa shape index (κ3) is 3.02. The SMILES string of the molecule is CCOc1ccc(-c2cc(C)nc(OC)n2)cc1C. The predicted molar refractivity (Wildman–Crippen MR) is 74.7 cm³/mol. The molecule has 0 atom stereocenters. The molecular formula is C15H18N2O2. The minimum Gasteiger partial charge on any atom is -0.494 e. The standard InChI is InChI=1S/C15H18N2O2/c1-5-19-14-7-6-12(8-10(14)2)13-9-11(3)16-15(17-13)18-4/h6-9H,5H2,1-4H3. The summed E-state index contributed by atoms with van der Waals surface area (Å²) in [4.78, 5) is 8.55. The molecule has 1 aromatic carbocycles. The number of benzene rings is 1. The summed E-state index contributed by atoms with van der Waals surface area (Å²) in [5.41, 5.74) is 3.86. The van der Waals surface area contributed by atoms with Gasteiger partial charge in [-0.25, -0.2) is 4.98 Å². The smallest absolute Gasteiger partial charge is 0.316 e. The van der Waals surface area contributed by atoms with Gasteiger partial charge in [0.1, 0.15) is 5.75 Å². The first-order valence-electron chi connectivity index (χ1n) is 6.27. The van der Waals surface area contributed by atoms with Crippen LogP contribution in [-0.4, -0.2) is 23.7 Å². The molecule has 0 aliphatic rings. The first-order valence-corrected chi connectivity index (χ1v) is 6.27. The molecular weight excluding hydrogens is 240 g/mol. The maximum atomic E-state index is 5.54. The second-order valence-corrected chi connectivity index (χ2v) is 4.29. The number of hydrogen-bond acceptors (Lipinski definition) is 4. The number of aryl methyl sites for hydroxylation is 2. The summed E-state index contributed by atoms with van der Waals surface area (Å²) in [6.45, 7) is 6.60. The number of nitrogens with zero attached hydrogens (tertiary/aromatic N) is 2. The van der Waals surface area contributed by atoms with Crippen molar-refractivity contribution in [1.82, 2.24) is 9.97 Å². The zero-order chi connectivity index (χ0) is 13.8. The van der Waals surface area contributed by atoms with E-state index in [1.807, 2.05) is 39.0 Å². The summed E-state index contributed by atoms with van der Waals surface area (Å²) < 4.78 is 10.6. The van der Waals surface area contributed by atoms with Crippen molar-refractivity contribution in [2.45, 2.75) is 20.8 Å². The fraction of sp³-hybridized carbons (Fsp3) is 0.333. The van der Waals surface area contributed by atoms with Crippen LogP contribution in [0.3, 0.4) is 0 Å². The second-order valence-electron chi connectivity index (χ2n) is 4.29. The van der Waals surface area contributed by atoms with Crippen molar-refractivity contribution in [3.05, 3.63) is 35.5 Å². The van der Waals surface area contributed by atoms with Crippen LogP contribution in [0.4, 0.5) is 0 Å². The first-order chi connectivity index (χ1) is 9.13. The van der Waals surface area contributed by atoms with Gasteiger partial charge >= 0.3 is 6.01 Å². The number of aromatic nitrogens is 2. The van der Waals surface area contributed by atoms with Crippen LogP contribution in [0.5, 0.6) is 11.8 Å². The molecule has 0 saturated heterocycles. The van der Waals surface area contributed by atoms with Crippen LogP contribution in [0, 0.1) is 13.8 Å². The zero-order valence-electron chi connectivity index (χ0n) is 11.7. The Bertz CT molecular complexity index is 582. The van der Waals surface area contributed by atoms with Crippen LogP contribution in [0.15, 0.2) is 24.3 Å². The Hall–Kier alpha value is -2.10. The molecule has 0 spiro atoms. The van der Waals surface area contributed by atoms with E-state index >= 15 is 0 Å². The lowest BCUT2D eigenvalue weighted by Gasteiger charge is -2.09. The highest BCUT2D eigenvalue weighted by Crippen LogP contribution is 2.26. The molecule has 0 aliphatic carbocycles. The van der Waals surface area contributed by atoms with Crippen LogP contribution in [0.2, 0.25) is 0 Å². The molecule has 0 fully saturated rings. The third-order valence-corrected chi connectivity index (χ3v) is 2.79. The highest BCUT2D eigenvalue weighted by molar-refractivity contribution is 5.62. The van der Waals surface area contributed by atoms with E-state index in [9.17, 15) is 0 Å². The molecule has 0 aliphatic heterocycles. The molecule has 1 aromatic heterocycles. The van der Waals surface area contributed by atoms with Crippen molar-refractivity contribution in [2.24, 2.45) is 0 Å². The minimum absolute atomic E-state index is 0.390. The fourth-order valence-electron chi connectivity index (χ4n) is 1.91. The van der Waals surface area contributed by atoms with Crippen molar-refractivity contribution in [3.8, 4) is 23.0 Å². The second kappa shape index (κ2) is 5.69. The van der Waals surface area contributed by atoms with Gasteiger partial charge in [0, 0.05) is 11.3 Å². The van der Waals surface area contributed by atoms with E-state index in [1.165, 1.54) is 0 Å². The van der Waals surface area contributed by atoms with Crippen molar-refractivity contribution < 1.29 is 9.47 Å². The molecule has 100 valence electrons. The maximum absolute atomic E-state index is 5.54. The van der Waals surface area contributed by atoms with E-state index < -0.39 is 0 Å². The molecule has 2 aromatic rings. The predicted octanol–water partition coefficient (Wildman–Crippen LogP) is 3.17. The Kier molecular flexibility index (Phi) is 4.00. The van der Waals surface area contributed by atoms with Crippen LogP contribution in [0.25, 0.3) is 11.3 Å². The highest BCUT2D eigenvalue weighted by atomic mass is 16.5. The van der Waals surface area contributed by atoms with Gasteiger partial charge in [-0.1, -0.05) is 0 Å². The first kappa shape index (κ1) is 13.3. The molecule has 2 rings (SSSR count). The van der Waals surface area contributed by atoms with Gasteiger partial charge in [-0.2, -0.15) is 4.98 Å². The summed E-state index contributed by atoms with van der Waals surface area (Å²) in [5, 5.41) is 0. The van der Waals surface area contributed by atoms with E-state index in [0.29, 0.717) is 12.6 Å². The van der Waals surface area contributed by atoms with Crippen molar-refractivity contribution in [3.63, 3.8) is 0 Å². The summed E-state index contributed by atoms with van der Waals surface area (Å²) in [6.07, 6.45) is 0. The maximum Gasteiger partial charge on any atom is 0.316 e. The largest absolute Gasteiger partial charge is 0.494 e. The number of rotatable bonds is 4. The quantitative estimate of drug-likeness (QED) is 0.845. The van der Waals surface area contributed by atoms with Crippen molar-refractivity contribution in [2.75, 3.05) is 13.7 Å². The normalized spacial score (nSPS) is 10.3. The van der Waals surface area contributed by atoms with Gasteiger partial charge in [-0.15, -0.1) is 0 Å². The van der Waals surface area contributed by atoms with Gasteiger partial charge in [-0.3, -0.25) is 0 Å². The van der Waals surface area contributed by atoms with Gasteiger partial charge in [0.15, 0.2) is 0 Å². The molecule has 1 heterocycles. The Balaban J connectivity index is 2.41. The third-order valence-electron chi connectivity index (χ3n) is 2.79. The van der Waals surface area contributed by atoms with Crippen LogP contribution in [-0.2, 0) is 0 Å². The van der Waals surface area contributed by atoms with E-state index in [-0.39, 0.29) is 0 Å². The summed E-state index contributed by atoms with van der Waals surface area (Å²) in [5.74, 6) is 0.906. The lowest BCUT2D eigenvalue weighted by molar-refractivity contribution is 0.338. The monoisotopic (exact) mass is 258 g/mol. The average Bonchev–Trinajstić information content (AvgIpc) is 2.40. The molecule has 0 radical (unpaired) electrons. The Morgan fingerprint density at radius 3 is 2.53 bits per heavy atom. The molecule has 0 saturated carbocycles. The van der Waals surface area contributed by atoms with Crippen LogP contribution < -0.4 is 9.47 Å². The van der Waals surface area contributed by atoms with E-state index in [4.69, 9.17) is 9.47 Å². The summed E-state index contributed by atoms with van der Waals surface area (Å²) in [7, 11) is 1.57. The van der Waals surface area contributed by atoms with Crippen LogP contribution in [0.1, 0.15) is 18.2 Å². The molecule has 0 amide bonds. The fourth-order valence-corrected chi connectivity index (χ4v) is 1.91. The van der Waals surface area contributed by atoms with Gasteiger partial charge in [0.25, 0.3) is 0 Å². The number of ether oxygens (including phenoxy) is 2. The summed E-state index contributed by atoms with van der Waals surface area (Å²) >= 11 is 0. The molecule has 0 bridgehead atoms. The highest BCUT2D eigenvalue weighted by Gasteiger charge is 2.07. The van der Waals surface area contributed by atoms with Gasteiger partial charge in [0.2, 0.25) is 0 Å². The lowest BCUT2D eigenvalue weighted by Crippen LogP contribution is -1.97.